The zero-order valence-electron chi connectivity index (χ0n) is 12.2. The molecule has 5 nitrogen and oxygen atoms in total. The lowest BCUT2D eigenvalue weighted by molar-refractivity contribution is -0.147. The van der Waals surface area contributed by atoms with E-state index in [1.165, 1.54) is 18.2 Å². The van der Waals surface area contributed by atoms with Crippen molar-refractivity contribution in [3.8, 4) is 0 Å². The predicted molar refractivity (Wildman–Crippen MR) is 74.6 cm³/mol. The van der Waals surface area contributed by atoms with Crippen LogP contribution in [0.5, 0.6) is 0 Å². The summed E-state index contributed by atoms with van der Waals surface area (Å²) < 4.78 is 40.5. The number of carboxylic acids is 1. The summed E-state index contributed by atoms with van der Waals surface area (Å²) in [6.45, 7) is 0.585. The number of fused-ring (bicyclic) bond motifs is 1. The molecule has 0 aliphatic rings. The van der Waals surface area contributed by atoms with Crippen LogP contribution in [0.2, 0.25) is 0 Å². The highest BCUT2D eigenvalue weighted by molar-refractivity contribution is 5.79. The third-order valence-corrected chi connectivity index (χ3v) is 3.19. The number of carboxylic acid groups (broad SMARTS) is 1. The minimum absolute atomic E-state index is 0.149. The monoisotopic (exact) mass is 315 g/mol. The normalized spacial score (nSPS) is 12.3. The molecule has 1 N–H and O–H groups in total. The van der Waals surface area contributed by atoms with Gasteiger partial charge in [-0.25, -0.2) is 4.98 Å². The van der Waals surface area contributed by atoms with Gasteiger partial charge < -0.3 is 14.6 Å². The first kappa shape index (κ1) is 16.3. The Bertz CT molecular complexity index is 692. The van der Waals surface area contributed by atoms with Gasteiger partial charge in [-0.1, -0.05) is 6.07 Å². The molecule has 120 valence electrons. The van der Waals surface area contributed by atoms with Crippen molar-refractivity contribution in [2.24, 2.45) is 0 Å². The van der Waals surface area contributed by atoms with E-state index >= 15 is 0 Å². The quantitative estimate of drug-likeness (QED) is 0.919. The number of halogens is 3. The largest absolute Gasteiger partial charge is 0.481 e. The van der Waals surface area contributed by atoms with Gasteiger partial charge in [0.1, 0.15) is 0 Å². The van der Waals surface area contributed by atoms with Crippen LogP contribution in [0.3, 0.4) is 0 Å². The number of aliphatic carboxylic acids is 1. The molecular formula is C14H16F3N3O2. The summed E-state index contributed by atoms with van der Waals surface area (Å²) in [6.07, 6.45) is -4.81. The standard InChI is InChI=1S/C14H16F3N3O2/c1-19(2)5-6-20-11-4-3-9(8-12(21)22)7-10(11)18-13(20)14(15,16)17/h3-4,7H,5-6,8H2,1-2H3,(H,21,22). The summed E-state index contributed by atoms with van der Waals surface area (Å²) in [5.41, 5.74) is 0.930. The van der Waals surface area contributed by atoms with Gasteiger partial charge in [0, 0.05) is 13.1 Å². The zero-order valence-corrected chi connectivity index (χ0v) is 12.2. The van der Waals surface area contributed by atoms with E-state index in [9.17, 15) is 18.0 Å². The lowest BCUT2D eigenvalue weighted by atomic mass is 10.1. The number of benzene rings is 1. The Morgan fingerprint density at radius 3 is 2.59 bits per heavy atom. The average Bonchev–Trinajstić information content (AvgIpc) is 2.73. The van der Waals surface area contributed by atoms with Gasteiger partial charge in [0.25, 0.3) is 0 Å². The molecule has 2 aromatic rings. The molecule has 8 heteroatoms. The van der Waals surface area contributed by atoms with Crippen LogP contribution in [0, 0.1) is 0 Å². The van der Waals surface area contributed by atoms with E-state index in [2.05, 4.69) is 4.98 Å². The van der Waals surface area contributed by atoms with Crippen molar-refractivity contribution in [1.82, 2.24) is 14.5 Å². The summed E-state index contributed by atoms with van der Waals surface area (Å²) in [7, 11) is 3.55. The van der Waals surface area contributed by atoms with Gasteiger partial charge in [0.2, 0.25) is 5.82 Å². The van der Waals surface area contributed by atoms with Crippen LogP contribution in [0.15, 0.2) is 18.2 Å². The molecule has 0 spiro atoms. The summed E-state index contributed by atoms with van der Waals surface area (Å²) in [5.74, 6) is -2.00. The van der Waals surface area contributed by atoms with Crippen molar-refractivity contribution >= 4 is 17.0 Å². The Morgan fingerprint density at radius 1 is 1.36 bits per heavy atom. The highest BCUT2D eigenvalue weighted by atomic mass is 19.4. The average molecular weight is 315 g/mol. The molecule has 0 saturated carbocycles. The minimum atomic E-state index is -4.56. The first-order chi connectivity index (χ1) is 10.2. The number of hydrogen-bond donors (Lipinski definition) is 1. The van der Waals surface area contributed by atoms with Gasteiger partial charge in [-0.2, -0.15) is 13.2 Å². The number of rotatable bonds is 5. The smallest absolute Gasteiger partial charge is 0.449 e. The first-order valence-electron chi connectivity index (χ1n) is 6.61. The van der Waals surface area contributed by atoms with Crippen molar-refractivity contribution in [2.75, 3.05) is 20.6 Å². The van der Waals surface area contributed by atoms with Crippen LogP contribution >= 0.6 is 0 Å². The number of nitrogens with zero attached hydrogens (tertiary/aromatic N) is 3. The molecule has 1 aromatic carbocycles. The van der Waals surface area contributed by atoms with Gasteiger partial charge in [-0.3, -0.25) is 4.79 Å². The fourth-order valence-electron chi connectivity index (χ4n) is 2.20. The van der Waals surface area contributed by atoms with Crippen molar-refractivity contribution in [3.63, 3.8) is 0 Å². The molecule has 0 radical (unpaired) electrons. The molecule has 0 atom stereocenters. The fourth-order valence-corrected chi connectivity index (χ4v) is 2.20. The maximum Gasteiger partial charge on any atom is 0.449 e. The van der Waals surface area contributed by atoms with Crippen molar-refractivity contribution < 1.29 is 23.1 Å². The maximum atomic E-state index is 13.1. The second-order valence-electron chi connectivity index (χ2n) is 5.28. The molecule has 0 aliphatic carbocycles. The zero-order chi connectivity index (χ0) is 16.5. The van der Waals surface area contributed by atoms with Crippen LogP contribution in [0.1, 0.15) is 11.4 Å². The van der Waals surface area contributed by atoms with E-state index in [1.54, 1.807) is 19.0 Å². The molecule has 22 heavy (non-hydrogen) atoms. The fraction of sp³-hybridized carbons (Fsp3) is 0.429. The molecule has 0 unspecified atom stereocenters. The van der Waals surface area contributed by atoms with Gasteiger partial charge in [-0.05, 0) is 31.8 Å². The molecule has 1 aromatic heterocycles. The topological polar surface area (TPSA) is 58.4 Å². The SMILES string of the molecule is CN(C)CCn1c(C(F)(F)F)nc2cc(CC(=O)O)ccc21. The summed E-state index contributed by atoms with van der Waals surface area (Å²) in [4.78, 5) is 16.1. The van der Waals surface area contributed by atoms with E-state index in [1.807, 2.05) is 0 Å². The van der Waals surface area contributed by atoms with Crippen LogP contribution in [0.25, 0.3) is 11.0 Å². The lowest BCUT2D eigenvalue weighted by Crippen LogP contribution is -2.22. The summed E-state index contributed by atoms with van der Waals surface area (Å²) in [6, 6.07) is 4.40. The van der Waals surface area contributed by atoms with Gasteiger partial charge in [-0.15, -0.1) is 0 Å². The molecule has 1 heterocycles. The van der Waals surface area contributed by atoms with Crippen LogP contribution in [0.4, 0.5) is 13.2 Å². The molecule has 0 saturated heterocycles. The Hall–Kier alpha value is -2.09. The van der Waals surface area contributed by atoms with Crippen molar-refractivity contribution in [1.29, 1.82) is 0 Å². The molecule has 0 bridgehead atoms. The highest BCUT2D eigenvalue weighted by Gasteiger charge is 2.37. The number of likely N-dealkylation sites (N-methyl/N-ethyl adjacent to an activating group) is 1. The van der Waals surface area contributed by atoms with E-state index in [0.29, 0.717) is 17.6 Å². The third kappa shape index (κ3) is 3.56. The maximum absolute atomic E-state index is 13.1. The number of alkyl halides is 3. The van der Waals surface area contributed by atoms with Crippen molar-refractivity contribution in [3.05, 3.63) is 29.6 Å². The van der Waals surface area contributed by atoms with Crippen molar-refractivity contribution in [2.45, 2.75) is 19.1 Å². The molecule has 0 amide bonds. The second kappa shape index (κ2) is 5.96. The van der Waals surface area contributed by atoms with Crippen LogP contribution < -0.4 is 0 Å². The van der Waals surface area contributed by atoms with E-state index < -0.39 is 18.0 Å². The van der Waals surface area contributed by atoms with E-state index in [0.717, 1.165) is 4.57 Å². The Kier molecular flexibility index (Phi) is 4.41. The lowest BCUT2D eigenvalue weighted by Gasteiger charge is -2.14. The summed E-state index contributed by atoms with van der Waals surface area (Å²) in [5, 5.41) is 8.76. The third-order valence-electron chi connectivity index (χ3n) is 3.19. The van der Waals surface area contributed by atoms with E-state index in [-0.39, 0.29) is 18.5 Å². The summed E-state index contributed by atoms with van der Waals surface area (Å²) >= 11 is 0. The number of hydrogen-bond acceptors (Lipinski definition) is 3. The Balaban J connectivity index is 2.51. The molecular weight excluding hydrogens is 299 g/mol. The second-order valence-corrected chi connectivity index (χ2v) is 5.28. The number of aromatic nitrogens is 2. The Morgan fingerprint density at radius 2 is 2.05 bits per heavy atom. The van der Waals surface area contributed by atoms with Gasteiger partial charge in [0.15, 0.2) is 0 Å². The molecule has 0 aliphatic heterocycles. The minimum Gasteiger partial charge on any atom is -0.481 e. The molecule has 0 fully saturated rings. The number of imidazole rings is 1. The number of carbonyl (C=O) groups is 1. The molecule has 2 rings (SSSR count). The van der Waals surface area contributed by atoms with Crippen LogP contribution in [-0.2, 0) is 23.9 Å². The van der Waals surface area contributed by atoms with Gasteiger partial charge >= 0.3 is 12.1 Å². The van der Waals surface area contributed by atoms with Crippen LogP contribution in [-0.4, -0.2) is 46.2 Å². The predicted octanol–water partition coefficient (Wildman–Crippen LogP) is 2.24. The highest BCUT2D eigenvalue weighted by Crippen LogP contribution is 2.31. The van der Waals surface area contributed by atoms with E-state index in [4.69, 9.17) is 5.11 Å². The first-order valence-corrected chi connectivity index (χ1v) is 6.61. The Labute approximate surface area is 125 Å². The van der Waals surface area contributed by atoms with Gasteiger partial charge in [0.05, 0.1) is 17.5 Å².